The quantitative estimate of drug-likeness (QED) is 0.701. The second-order valence-electron chi connectivity index (χ2n) is 6.61. The van der Waals surface area contributed by atoms with Crippen LogP contribution in [0, 0.1) is 0 Å². The minimum Gasteiger partial charge on any atom is -0.338 e. The molecule has 1 aromatic rings. The van der Waals surface area contributed by atoms with E-state index in [1.165, 1.54) is 11.0 Å². The van der Waals surface area contributed by atoms with Crippen molar-refractivity contribution in [1.29, 1.82) is 0 Å². The molecule has 0 unspecified atom stereocenters. The van der Waals surface area contributed by atoms with Gasteiger partial charge >= 0.3 is 0 Å². The number of halogens is 2. The number of amides is 1. The summed E-state index contributed by atoms with van der Waals surface area (Å²) < 4.78 is 28.9. The fourth-order valence-corrected chi connectivity index (χ4v) is 3.30. The van der Waals surface area contributed by atoms with Crippen molar-refractivity contribution in [3.63, 3.8) is 0 Å². The van der Waals surface area contributed by atoms with Gasteiger partial charge in [0.05, 0.1) is 6.54 Å². The number of likely N-dealkylation sites (N-methyl/N-ethyl adjacent to an activating group) is 1. The van der Waals surface area contributed by atoms with Crippen molar-refractivity contribution in [1.82, 2.24) is 34.9 Å². The van der Waals surface area contributed by atoms with Crippen molar-refractivity contribution in [2.75, 3.05) is 40.3 Å². The summed E-state index contributed by atoms with van der Waals surface area (Å²) in [5.74, 6) is -2.74. The molecule has 1 amide bonds. The largest absolute Gasteiger partial charge is 0.338 e. The summed E-state index contributed by atoms with van der Waals surface area (Å²) in [5, 5.41) is 10.6. The molecule has 0 radical (unpaired) electrons. The predicted octanol–water partition coefficient (Wildman–Crippen LogP) is -0.845. The van der Waals surface area contributed by atoms with Crippen molar-refractivity contribution < 1.29 is 13.6 Å². The van der Waals surface area contributed by atoms with Crippen LogP contribution < -0.4 is 0 Å². The van der Waals surface area contributed by atoms with Crippen molar-refractivity contribution in [2.24, 2.45) is 0 Å². The maximum Gasteiger partial charge on any atom is 0.262 e. The van der Waals surface area contributed by atoms with E-state index in [1.807, 2.05) is 23.9 Å². The molecule has 2 aliphatic heterocycles. The number of alkyl halides is 2. The first kappa shape index (κ1) is 16.2. The first-order valence-electron chi connectivity index (χ1n) is 7.61. The zero-order valence-corrected chi connectivity index (χ0v) is 13.3. The molecule has 0 aliphatic carbocycles. The number of carbonyl (C=O) groups is 1. The second kappa shape index (κ2) is 6.08. The van der Waals surface area contributed by atoms with Gasteiger partial charge in [-0.05, 0) is 24.5 Å². The average molecular weight is 329 g/mol. The van der Waals surface area contributed by atoms with Gasteiger partial charge in [0.1, 0.15) is 12.9 Å². The maximum atomic E-state index is 13.8. The Hall–Kier alpha value is -1.68. The van der Waals surface area contributed by atoms with Crippen LogP contribution in [0.1, 0.15) is 6.42 Å². The van der Waals surface area contributed by atoms with E-state index in [-0.39, 0.29) is 37.5 Å². The monoisotopic (exact) mass is 329 g/mol. The fourth-order valence-electron chi connectivity index (χ4n) is 3.30. The molecule has 0 saturated carbocycles. The van der Waals surface area contributed by atoms with E-state index in [4.69, 9.17) is 0 Å². The topological polar surface area (TPSA) is 70.4 Å². The number of carbonyl (C=O) groups excluding carboxylic acids is 1. The lowest BCUT2D eigenvalue weighted by Gasteiger charge is -2.46. The van der Waals surface area contributed by atoms with E-state index in [1.54, 1.807) is 4.90 Å². The van der Waals surface area contributed by atoms with Gasteiger partial charge in [-0.25, -0.2) is 13.5 Å². The number of likely N-dealkylation sites (tertiary alicyclic amines) is 2. The van der Waals surface area contributed by atoms with Gasteiger partial charge in [-0.3, -0.25) is 9.69 Å². The molecule has 2 aliphatic rings. The number of nitrogens with zero attached hydrogens (tertiary/aromatic N) is 7. The Balaban J connectivity index is 1.54. The molecule has 8 nitrogen and oxygen atoms in total. The predicted molar refractivity (Wildman–Crippen MR) is 76.8 cm³/mol. The zero-order valence-electron chi connectivity index (χ0n) is 13.3. The van der Waals surface area contributed by atoms with Crippen LogP contribution >= 0.6 is 0 Å². The summed E-state index contributed by atoms with van der Waals surface area (Å²) in [4.78, 5) is 17.5. The molecule has 2 fully saturated rings. The third-order valence-electron chi connectivity index (χ3n) is 4.37. The van der Waals surface area contributed by atoms with E-state index in [9.17, 15) is 13.6 Å². The molecular weight excluding hydrogens is 308 g/mol. The van der Waals surface area contributed by atoms with E-state index in [2.05, 4.69) is 15.5 Å². The van der Waals surface area contributed by atoms with Gasteiger partial charge in [-0.2, -0.15) is 0 Å². The normalized spacial score (nSPS) is 25.1. The van der Waals surface area contributed by atoms with Crippen LogP contribution in [0.25, 0.3) is 0 Å². The van der Waals surface area contributed by atoms with Gasteiger partial charge in [0.25, 0.3) is 5.92 Å². The summed E-state index contributed by atoms with van der Waals surface area (Å²) in [5.41, 5.74) is 0. The highest BCUT2D eigenvalue weighted by molar-refractivity contribution is 5.76. The van der Waals surface area contributed by atoms with Crippen LogP contribution in [0.3, 0.4) is 0 Å². The van der Waals surface area contributed by atoms with Gasteiger partial charge in [0, 0.05) is 38.1 Å². The van der Waals surface area contributed by atoms with E-state index in [0.29, 0.717) is 19.6 Å². The van der Waals surface area contributed by atoms with Gasteiger partial charge in [-0.1, -0.05) is 0 Å². The highest BCUT2D eigenvalue weighted by atomic mass is 19.3. The molecule has 0 spiro atoms. The second-order valence-corrected chi connectivity index (χ2v) is 6.61. The van der Waals surface area contributed by atoms with Gasteiger partial charge in [0.15, 0.2) is 0 Å². The van der Waals surface area contributed by atoms with Crippen LogP contribution in [0.15, 0.2) is 6.33 Å². The van der Waals surface area contributed by atoms with Crippen LogP contribution in [0.2, 0.25) is 0 Å². The van der Waals surface area contributed by atoms with E-state index >= 15 is 0 Å². The number of aromatic nitrogens is 4. The van der Waals surface area contributed by atoms with Gasteiger partial charge in [-0.15, -0.1) is 5.10 Å². The number of hydrogen-bond acceptors (Lipinski definition) is 6. The van der Waals surface area contributed by atoms with Crippen LogP contribution in [-0.2, 0) is 11.3 Å². The van der Waals surface area contributed by atoms with Crippen molar-refractivity contribution in [3.8, 4) is 0 Å². The van der Waals surface area contributed by atoms with Crippen molar-refractivity contribution in [2.45, 2.75) is 31.0 Å². The SMILES string of the molecule is CN(C)C[C@@H]1CC(F)(F)CN1C1CN(C(=O)Cn2cnnn2)C1. The Morgan fingerprint density at radius 2 is 2.13 bits per heavy atom. The molecule has 2 saturated heterocycles. The van der Waals surface area contributed by atoms with E-state index in [0.717, 1.165) is 0 Å². The summed E-state index contributed by atoms with van der Waals surface area (Å²) in [6.07, 6.45) is 1.27. The summed E-state index contributed by atoms with van der Waals surface area (Å²) in [7, 11) is 3.77. The number of hydrogen-bond donors (Lipinski definition) is 0. The highest BCUT2D eigenvalue weighted by Crippen LogP contribution is 2.35. The third kappa shape index (κ3) is 3.63. The lowest BCUT2D eigenvalue weighted by molar-refractivity contribution is -0.140. The molecule has 1 atom stereocenters. The van der Waals surface area contributed by atoms with Crippen LogP contribution in [0.4, 0.5) is 8.78 Å². The van der Waals surface area contributed by atoms with Crippen LogP contribution in [0.5, 0.6) is 0 Å². The maximum absolute atomic E-state index is 13.8. The summed E-state index contributed by atoms with van der Waals surface area (Å²) >= 11 is 0. The molecule has 0 bridgehead atoms. The lowest BCUT2D eigenvalue weighted by Crippen LogP contribution is -2.63. The highest BCUT2D eigenvalue weighted by Gasteiger charge is 2.50. The first-order chi connectivity index (χ1) is 10.8. The molecule has 3 heterocycles. The van der Waals surface area contributed by atoms with Crippen LogP contribution in [-0.4, -0.2) is 99.1 Å². The minimum atomic E-state index is -2.64. The van der Waals surface area contributed by atoms with Gasteiger partial charge in [0.2, 0.25) is 5.91 Å². The Morgan fingerprint density at radius 1 is 1.39 bits per heavy atom. The third-order valence-corrected chi connectivity index (χ3v) is 4.37. The molecule has 10 heteroatoms. The van der Waals surface area contributed by atoms with Crippen molar-refractivity contribution >= 4 is 5.91 Å². The van der Waals surface area contributed by atoms with Crippen molar-refractivity contribution in [3.05, 3.63) is 6.33 Å². The Labute approximate surface area is 133 Å². The number of rotatable bonds is 5. The fraction of sp³-hybridized carbons (Fsp3) is 0.846. The smallest absolute Gasteiger partial charge is 0.262 e. The summed E-state index contributed by atoms with van der Waals surface area (Å²) in [6.45, 7) is 1.44. The zero-order chi connectivity index (χ0) is 16.6. The molecule has 23 heavy (non-hydrogen) atoms. The van der Waals surface area contributed by atoms with Gasteiger partial charge < -0.3 is 9.80 Å². The average Bonchev–Trinajstić information content (AvgIpc) is 2.95. The first-order valence-corrected chi connectivity index (χ1v) is 7.61. The number of tetrazole rings is 1. The molecule has 1 aromatic heterocycles. The Morgan fingerprint density at radius 3 is 2.74 bits per heavy atom. The molecule has 0 N–H and O–H groups in total. The van der Waals surface area contributed by atoms with E-state index < -0.39 is 5.92 Å². The lowest BCUT2D eigenvalue weighted by atomic mass is 10.1. The molecular formula is C13H21F2N7O. The Kier molecular flexibility index (Phi) is 4.28. The molecule has 128 valence electrons. The molecule has 3 rings (SSSR count). The minimum absolute atomic E-state index is 0.00569. The molecule has 0 aromatic carbocycles. The summed E-state index contributed by atoms with van der Waals surface area (Å²) in [6, 6.07) is -0.159. The standard InChI is InChI=1S/C13H21F2N7O/c1-19(2)4-10-3-13(14,15)8-22(10)11-5-20(6-11)12(23)7-21-9-16-17-18-21/h9-11H,3-8H2,1-2H3/t10-/m0/s1. The Bertz CT molecular complexity index is 545.